The Morgan fingerprint density at radius 3 is 2.56 bits per heavy atom. The van der Waals surface area contributed by atoms with Crippen molar-refractivity contribution in [2.75, 3.05) is 22.3 Å². The van der Waals surface area contributed by atoms with Crippen LogP contribution in [0.3, 0.4) is 0 Å². The number of aromatic hydroxyl groups is 1. The third-order valence-corrected chi connectivity index (χ3v) is 6.37. The summed E-state index contributed by atoms with van der Waals surface area (Å²) >= 11 is 0. The molecule has 0 spiro atoms. The minimum absolute atomic E-state index is 0.0749. The Labute approximate surface area is 184 Å². The molecule has 2 aromatic heterocycles. The second-order valence-corrected chi connectivity index (χ2v) is 8.73. The van der Waals surface area contributed by atoms with E-state index >= 15 is 0 Å². The maximum absolute atomic E-state index is 12.6. The molecule has 0 atom stereocenters. The first kappa shape index (κ1) is 21.1. The molecule has 4 aromatic rings. The highest BCUT2D eigenvalue weighted by Crippen LogP contribution is 2.33. The van der Waals surface area contributed by atoms with E-state index in [0.29, 0.717) is 28.0 Å². The number of nitrogen functional groups attached to an aromatic ring is 2. The fourth-order valence-corrected chi connectivity index (χ4v) is 4.28. The number of anilines is 3. The number of phenols is 1. The summed E-state index contributed by atoms with van der Waals surface area (Å²) < 4.78 is 28.1. The van der Waals surface area contributed by atoms with Crippen LogP contribution in [0, 0.1) is 0 Å². The van der Waals surface area contributed by atoms with Gasteiger partial charge in [-0.1, -0.05) is 30.8 Å². The van der Waals surface area contributed by atoms with Crippen molar-refractivity contribution in [3.8, 4) is 17.0 Å². The Morgan fingerprint density at radius 2 is 1.88 bits per heavy atom. The molecule has 0 fully saturated rings. The third kappa shape index (κ3) is 3.81. The molecule has 0 unspecified atom stereocenters. The Bertz CT molecular complexity index is 1400. The van der Waals surface area contributed by atoms with E-state index in [1.807, 2.05) is 0 Å². The third-order valence-electron chi connectivity index (χ3n) is 4.94. The number of sulfonamides is 1. The second kappa shape index (κ2) is 8.19. The predicted octanol–water partition coefficient (Wildman–Crippen LogP) is 2.34. The molecule has 0 amide bonds. The standard InChI is InChI=1S/C21H21N7O3S/c1-2-32(30,31)28(15-6-4-3-5-7-15)11-10-27-21-18(20(23)24-13-25-21)19(26-27)14-8-9-16(22)17(29)12-14/h2-9,12-13,29H,1,10-11,22H2,(H2,23,24,25). The number of fused-ring (bicyclic) bond motifs is 1. The van der Waals surface area contributed by atoms with Crippen LogP contribution in [0.5, 0.6) is 5.75 Å². The van der Waals surface area contributed by atoms with Gasteiger partial charge in [0, 0.05) is 11.0 Å². The highest BCUT2D eigenvalue weighted by molar-refractivity contribution is 7.95. The zero-order chi connectivity index (χ0) is 22.9. The van der Waals surface area contributed by atoms with Crippen LogP contribution in [0.2, 0.25) is 0 Å². The SMILES string of the molecule is C=CS(=O)(=O)N(CCn1nc(-c2ccc(N)c(O)c2)c2c(N)ncnc21)c1ccccc1. The Kier molecular flexibility index (Phi) is 5.41. The average Bonchev–Trinajstić information content (AvgIpc) is 3.16. The van der Waals surface area contributed by atoms with E-state index in [1.54, 1.807) is 47.1 Å². The van der Waals surface area contributed by atoms with Crippen molar-refractivity contribution >= 4 is 38.2 Å². The Balaban J connectivity index is 1.77. The molecule has 2 heterocycles. The van der Waals surface area contributed by atoms with Crippen molar-refractivity contribution in [3.63, 3.8) is 0 Å². The summed E-state index contributed by atoms with van der Waals surface area (Å²) in [5.41, 5.74) is 14.0. The van der Waals surface area contributed by atoms with E-state index in [0.717, 1.165) is 5.41 Å². The molecule has 10 nitrogen and oxygen atoms in total. The van der Waals surface area contributed by atoms with Crippen LogP contribution in [0.15, 0.2) is 66.8 Å². The molecule has 0 aliphatic heterocycles. The topological polar surface area (TPSA) is 153 Å². The van der Waals surface area contributed by atoms with E-state index < -0.39 is 10.0 Å². The fourth-order valence-electron chi connectivity index (χ4n) is 3.35. The van der Waals surface area contributed by atoms with E-state index in [-0.39, 0.29) is 30.3 Å². The Morgan fingerprint density at radius 1 is 1.12 bits per heavy atom. The minimum atomic E-state index is -3.75. The van der Waals surface area contributed by atoms with Crippen molar-refractivity contribution in [3.05, 3.63) is 66.8 Å². The quantitative estimate of drug-likeness (QED) is 0.286. The number of nitrogens with zero attached hydrogens (tertiary/aromatic N) is 5. The van der Waals surface area contributed by atoms with Crippen molar-refractivity contribution in [1.29, 1.82) is 0 Å². The number of hydrogen-bond donors (Lipinski definition) is 3. The summed E-state index contributed by atoms with van der Waals surface area (Å²) in [5.74, 6) is 0.124. The smallest absolute Gasteiger partial charge is 0.256 e. The molecule has 0 saturated heterocycles. The normalized spacial score (nSPS) is 11.5. The number of rotatable bonds is 7. The Hall–Kier alpha value is -4.12. The van der Waals surface area contributed by atoms with E-state index in [2.05, 4.69) is 21.6 Å². The molecular formula is C21H21N7O3S. The lowest BCUT2D eigenvalue weighted by Crippen LogP contribution is -2.32. The van der Waals surface area contributed by atoms with Crippen LogP contribution in [-0.2, 0) is 16.6 Å². The van der Waals surface area contributed by atoms with Crippen molar-refractivity contribution < 1.29 is 13.5 Å². The number of para-hydroxylation sites is 1. The average molecular weight is 452 g/mol. The number of phenolic OH excluding ortho intramolecular Hbond substituents is 1. The number of hydrogen-bond acceptors (Lipinski definition) is 8. The monoisotopic (exact) mass is 451 g/mol. The number of nitrogens with two attached hydrogens (primary N) is 2. The molecule has 4 rings (SSSR count). The maximum atomic E-state index is 12.6. The molecule has 0 radical (unpaired) electrons. The molecule has 11 heteroatoms. The lowest BCUT2D eigenvalue weighted by atomic mass is 10.1. The first-order valence-corrected chi connectivity index (χ1v) is 11.1. The summed E-state index contributed by atoms with van der Waals surface area (Å²) in [7, 11) is -3.75. The first-order valence-electron chi connectivity index (χ1n) is 9.58. The van der Waals surface area contributed by atoms with Crippen LogP contribution >= 0.6 is 0 Å². The van der Waals surface area contributed by atoms with Gasteiger partial charge in [0.1, 0.15) is 23.6 Å². The van der Waals surface area contributed by atoms with Gasteiger partial charge in [-0.15, -0.1) is 0 Å². The lowest BCUT2D eigenvalue weighted by molar-refractivity contribution is 0.478. The fraction of sp³-hybridized carbons (Fsp3) is 0.0952. The molecule has 5 N–H and O–H groups in total. The van der Waals surface area contributed by atoms with Gasteiger partial charge in [-0.05, 0) is 24.3 Å². The predicted molar refractivity (Wildman–Crippen MR) is 124 cm³/mol. The number of aromatic nitrogens is 4. The first-order chi connectivity index (χ1) is 15.3. The molecule has 164 valence electrons. The van der Waals surface area contributed by atoms with Gasteiger partial charge in [-0.3, -0.25) is 4.31 Å². The van der Waals surface area contributed by atoms with Crippen LogP contribution in [0.1, 0.15) is 0 Å². The van der Waals surface area contributed by atoms with Gasteiger partial charge in [0.2, 0.25) is 0 Å². The van der Waals surface area contributed by atoms with Crippen LogP contribution in [-0.4, -0.2) is 39.8 Å². The summed E-state index contributed by atoms with van der Waals surface area (Å²) in [6.45, 7) is 3.68. The molecular weight excluding hydrogens is 430 g/mol. The second-order valence-electron chi connectivity index (χ2n) is 6.92. The zero-order valence-electron chi connectivity index (χ0n) is 17.0. The van der Waals surface area contributed by atoms with Crippen molar-refractivity contribution in [2.45, 2.75) is 6.54 Å². The lowest BCUT2D eigenvalue weighted by Gasteiger charge is -2.22. The van der Waals surface area contributed by atoms with Gasteiger partial charge >= 0.3 is 0 Å². The van der Waals surface area contributed by atoms with E-state index in [1.165, 1.54) is 16.7 Å². The molecule has 0 aliphatic carbocycles. The molecule has 0 aliphatic rings. The van der Waals surface area contributed by atoms with Crippen LogP contribution < -0.4 is 15.8 Å². The van der Waals surface area contributed by atoms with Crippen LogP contribution in [0.25, 0.3) is 22.3 Å². The maximum Gasteiger partial charge on any atom is 0.256 e. The highest BCUT2D eigenvalue weighted by Gasteiger charge is 2.22. The summed E-state index contributed by atoms with van der Waals surface area (Å²) in [6, 6.07) is 13.4. The molecule has 0 saturated carbocycles. The molecule has 2 aromatic carbocycles. The van der Waals surface area contributed by atoms with Gasteiger partial charge in [0.25, 0.3) is 10.0 Å². The summed E-state index contributed by atoms with van der Waals surface area (Å²) in [4.78, 5) is 8.34. The summed E-state index contributed by atoms with van der Waals surface area (Å²) in [5, 5.41) is 16.0. The highest BCUT2D eigenvalue weighted by atomic mass is 32.2. The molecule has 0 bridgehead atoms. The molecule has 32 heavy (non-hydrogen) atoms. The largest absolute Gasteiger partial charge is 0.506 e. The van der Waals surface area contributed by atoms with Crippen LogP contribution in [0.4, 0.5) is 17.2 Å². The van der Waals surface area contributed by atoms with Gasteiger partial charge in [0.15, 0.2) is 5.65 Å². The van der Waals surface area contributed by atoms with Gasteiger partial charge in [-0.25, -0.2) is 23.1 Å². The van der Waals surface area contributed by atoms with Crippen molar-refractivity contribution in [2.24, 2.45) is 0 Å². The van der Waals surface area contributed by atoms with Crippen molar-refractivity contribution in [1.82, 2.24) is 19.7 Å². The van der Waals surface area contributed by atoms with Gasteiger partial charge in [-0.2, -0.15) is 5.10 Å². The zero-order valence-corrected chi connectivity index (χ0v) is 17.8. The minimum Gasteiger partial charge on any atom is -0.506 e. The van der Waals surface area contributed by atoms with E-state index in [4.69, 9.17) is 11.5 Å². The summed E-state index contributed by atoms with van der Waals surface area (Å²) in [6.07, 6.45) is 1.32. The van der Waals surface area contributed by atoms with Gasteiger partial charge in [0.05, 0.1) is 29.9 Å². The number of benzene rings is 2. The van der Waals surface area contributed by atoms with E-state index in [9.17, 15) is 13.5 Å². The van der Waals surface area contributed by atoms with Gasteiger partial charge < -0.3 is 16.6 Å².